The molecule has 0 aliphatic rings. The largest absolute Gasteiger partial charge is 0.526 e. The van der Waals surface area contributed by atoms with Crippen LogP contribution in [-0.2, 0) is 3.79 Å². The summed E-state index contributed by atoms with van der Waals surface area (Å²) < 4.78 is 4.63. The van der Waals surface area contributed by atoms with Gasteiger partial charge in [-0.1, -0.05) is 11.9 Å². The van der Waals surface area contributed by atoms with Gasteiger partial charge in [0.25, 0.3) is 0 Å². The van der Waals surface area contributed by atoms with Crippen molar-refractivity contribution in [1.82, 2.24) is 0 Å². The predicted octanol–water partition coefficient (Wildman–Crippen LogP) is -0.399. The van der Waals surface area contributed by atoms with Crippen molar-refractivity contribution >= 4 is 32.9 Å². The van der Waals surface area contributed by atoms with E-state index < -0.39 is 0 Å². The minimum atomic E-state index is 0.264. The fourth-order valence-corrected chi connectivity index (χ4v) is 0. The summed E-state index contributed by atoms with van der Waals surface area (Å²) in [7, 11) is 0. The summed E-state index contributed by atoms with van der Waals surface area (Å²) in [6.45, 7) is 1.94. The lowest BCUT2D eigenvalue weighted by atomic mass is 10.9. The molecule has 0 heterocycles. The molecule has 0 aliphatic heterocycles. The highest BCUT2D eigenvalue weighted by Crippen LogP contribution is 1.70. The molecule has 1 nitrogen and oxygen atoms in total. The molecule has 0 amide bonds. The van der Waals surface area contributed by atoms with Crippen molar-refractivity contribution in [2.24, 2.45) is 0 Å². The maximum atomic E-state index is 4.63. The molecule has 0 saturated carbocycles. The highest BCUT2D eigenvalue weighted by Gasteiger charge is 1.76. The minimum Gasteiger partial charge on any atom is -0.526 e. The Hall–Kier alpha value is 1.02. The van der Waals surface area contributed by atoms with Crippen molar-refractivity contribution in [3.8, 4) is 0 Å². The van der Waals surface area contributed by atoms with Crippen LogP contribution in [-0.4, -0.2) is 37.9 Å². The summed E-state index contributed by atoms with van der Waals surface area (Å²) in [6.07, 6.45) is 0. The topological polar surface area (TPSA) is 9.23 Å². The Morgan fingerprint density at radius 3 is 2.00 bits per heavy atom. The van der Waals surface area contributed by atoms with Gasteiger partial charge in [0.2, 0.25) is 0 Å². The van der Waals surface area contributed by atoms with Crippen LogP contribution in [0.2, 0.25) is 0 Å². The monoisotopic (exact) mass is 98.0 g/mol. The lowest BCUT2D eigenvalue weighted by Crippen LogP contribution is -2.02. The zero-order valence-electron chi connectivity index (χ0n) is 3.14. The Kier molecular flexibility index (Phi) is 3.88. The third kappa shape index (κ3) is 5.02. The van der Waals surface area contributed by atoms with E-state index in [1.54, 1.807) is 0 Å². The van der Waals surface area contributed by atoms with E-state index in [9.17, 15) is 0 Å². The summed E-state index contributed by atoms with van der Waals surface area (Å²) in [6, 6.07) is 0. The van der Waals surface area contributed by atoms with Crippen LogP contribution >= 0.6 is 0 Å². The first-order valence-corrected chi connectivity index (χ1v) is 2.52. The normalized spacial score (nSPS) is 14.6. The second-order valence-corrected chi connectivity index (χ2v) is 2.05. The smallest absolute Gasteiger partial charge is 0.367 e. The summed E-state index contributed by atoms with van der Waals surface area (Å²) in [5.41, 5.74) is 0. The van der Waals surface area contributed by atoms with Gasteiger partial charge in [-0.3, -0.25) is 0 Å². The number of hydrogen-bond donors (Lipinski definition) is 0. The molecule has 0 saturated heterocycles. The summed E-state index contributed by atoms with van der Waals surface area (Å²) in [4.78, 5) is 0.264. The van der Waals surface area contributed by atoms with Gasteiger partial charge in [0, 0.05) is 0 Å². The van der Waals surface area contributed by atoms with E-state index in [-0.39, 0.29) is 4.97 Å². The van der Waals surface area contributed by atoms with Crippen LogP contribution in [0.4, 0.5) is 0 Å². The van der Waals surface area contributed by atoms with Crippen molar-refractivity contribution in [3.05, 3.63) is 0 Å². The molecule has 0 fully saturated rings. The maximum absolute atomic E-state index is 4.63. The zero-order valence-corrected chi connectivity index (χ0v) is 5.45. The van der Waals surface area contributed by atoms with Crippen LogP contribution in [0, 0.1) is 0 Å². The molecule has 0 N–H and O–H groups in total. The summed E-state index contributed by atoms with van der Waals surface area (Å²) in [5, 5.41) is 0. The average molecular weight is 98.0 g/mol. The molecule has 1 atom stereocenters. The van der Waals surface area contributed by atoms with Crippen molar-refractivity contribution in [3.63, 3.8) is 0 Å². The van der Waals surface area contributed by atoms with Gasteiger partial charge in [-0.2, -0.15) is 0 Å². The van der Waals surface area contributed by atoms with Gasteiger partial charge >= 0.3 is 16.6 Å². The van der Waals surface area contributed by atoms with Gasteiger partial charge in [-0.15, -0.1) is 0 Å². The first kappa shape index (κ1) is 6.02. The van der Waals surface area contributed by atoms with Gasteiger partial charge in [-0.05, 0) is 0 Å². The van der Waals surface area contributed by atoms with Gasteiger partial charge in [0.1, 0.15) is 0 Å². The second-order valence-electron chi connectivity index (χ2n) is 0.841. The van der Waals surface area contributed by atoms with Gasteiger partial charge in [0.15, 0.2) is 16.3 Å². The van der Waals surface area contributed by atoms with E-state index >= 15 is 0 Å². The molecule has 24 valence electrons. The van der Waals surface area contributed by atoms with Crippen molar-refractivity contribution in [2.75, 3.05) is 0 Å². The minimum absolute atomic E-state index is 0.264. The molecule has 0 aromatic rings. The lowest BCUT2D eigenvalue weighted by Gasteiger charge is -1.99. The number of hydrogen-bond acceptors (Lipinski definition) is 1. The second kappa shape index (κ2) is 3.22. The third-order valence-corrected chi connectivity index (χ3v) is 1.12. The van der Waals surface area contributed by atoms with E-state index in [2.05, 4.69) is 36.7 Å². The maximum Gasteiger partial charge on any atom is 0.367 e. The van der Waals surface area contributed by atoms with E-state index in [4.69, 9.17) is 0 Å². The van der Waals surface area contributed by atoms with E-state index in [1.807, 2.05) is 6.92 Å². The fourth-order valence-electron chi connectivity index (χ4n) is 0. The van der Waals surface area contributed by atoms with Crippen LogP contribution in [0.15, 0.2) is 0 Å². The van der Waals surface area contributed by atoms with E-state index in [1.165, 1.54) is 0 Å². The first-order valence-electron chi connectivity index (χ1n) is 1.38. The third-order valence-electron chi connectivity index (χ3n) is 0.215. The van der Waals surface area contributed by atoms with Gasteiger partial charge in [0.05, 0.1) is 0 Å². The SMILES string of the molecule is C[CH]([Al])[O][Al]. The Morgan fingerprint density at radius 2 is 2.00 bits per heavy atom. The Bertz CT molecular complexity index is 21.6. The zero-order chi connectivity index (χ0) is 4.28. The molecular formula is C2H4Al2O. The molecule has 5 heavy (non-hydrogen) atoms. The predicted molar refractivity (Wildman–Crippen MR) is 22.1 cm³/mol. The van der Waals surface area contributed by atoms with Crippen LogP contribution in [0.3, 0.4) is 0 Å². The van der Waals surface area contributed by atoms with Crippen LogP contribution in [0.1, 0.15) is 6.92 Å². The fraction of sp³-hybridized carbons (Fsp3) is 1.00. The van der Waals surface area contributed by atoms with Crippen molar-refractivity contribution < 1.29 is 3.79 Å². The Morgan fingerprint density at radius 1 is 1.80 bits per heavy atom. The molecule has 0 aliphatic carbocycles. The molecule has 0 aromatic carbocycles. The molecule has 1 unspecified atom stereocenters. The van der Waals surface area contributed by atoms with E-state index in [0.29, 0.717) is 0 Å². The molecule has 3 heteroatoms. The Balaban J connectivity index is 2.54. The highest BCUT2D eigenvalue weighted by atomic mass is 27.1. The van der Waals surface area contributed by atoms with Gasteiger partial charge in [-0.25, -0.2) is 0 Å². The number of rotatable bonds is 1. The van der Waals surface area contributed by atoms with Crippen molar-refractivity contribution in [2.45, 2.75) is 11.9 Å². The first-order chi connectivity index (χ1) is 2.27. The van der Waals surface area contributed by atoms with E-state index in [0.717, 1.165) is 0 Å². The molecule has 0 aromatic heterocycles. The quantitative estimate of drug-likeness (QED) is 0.405. The molecular weight excluding hydrogens is 94.0 g/mol. The van der Waals surface area contributed by atoms with Crippen molar-refractivity contribution in [1.29, 1.82) is 0 Å². The van der Waals surface area contributed by atoms with Crippen LogP contribution in [0.25, 0.3) is 0 Å². The summed E-state index contributed by atoms with van der Waals surface area (Å²) in [5.74, 6) is 0. The molecule has 4 radical (unpaired) electrons. The van der Waals surface area contributed by atoms with Crippen LogP contribution < -0.4 is 0 Å². The summed E-state index contributed by atoms with van der Waals surface area (Å²) >= 11 is 4.66. The van der Waals surface area contributed by atoms with Crippen LogP contribution in [0.5, 0.6) is 0 Å². The average Bonchev–Trinajstić information content (AvgIpc) is 1.38. The Labute approximate surface area is 48.9 Å². The molecule has 0 rings (SSSR count). The molecule has 0 spiro atoms. The standard InChI is InChI=1S/C2H4O.2Al/c1-2-3;;/h2H,1H3;;/q-1;;+1. The molecule has 0 bridgehead atoms. The van der Waals surface area contributed by atoms with Gasteiger partial charge < -0.3 is 3.79 Å². The lowest BCUT2D eigenvalue weighted by molar-refractivity contribution is 0.332. The highest BCUT2D eigenvalue weighted by molar-refractivity contribution is 6.13.